The zero-order valence-corrected chi connectivity index (χ0v) is 34.2. The third-order valence-corrected chi connectivity index (χ3v) is 11.2. The summed E-state index contributed by atoms with van der Waals surface area (Å²) in [5.41, 5.74) is 1.41. The number of carbonyl (C=O) groups is 3. The Morgan fingerprint density at radius 2 is 1.79 bits per heavy atom. The lowest BCUT2D eigenvalue weighted by molar-refractivity contribution is -0.144. The Kier molecular flexibility index (Phi) is 17.4. The van der Waals surface area contributed by atoms with Crippen molar-refractivity contribution in [2.45, 2.75) is 89.0 Å². The SMILES string of the molecule is C[C@@H](COC(=O)CCCCCCCNC(=O)CI)NC(=O)N(C[C@@H]1CNC[C@@H]1F)[C@@H](C1=NC(c2cc(F)ccc2F)=NC1Cc1ccccc1)C1CCOCC1. The van der Waals surface area contributed by atoms with Crippen LogP contribution in [0, 0.1) is 23.5 Å². The van der Waals surface area contributed by atoms with Crippen LogP contribution in [0.15, 0.2) is 58.5 Å². The van der Waals surface area contributed by atoms with Crippen molar-refractivity contribution in [1.29, 1.82) is 0 Å². The van der Waals surface area contributed by atoms with Crippen molar-refractivity contribution < 1.29 is 37.0 Å². The van der Waals surface area contributed by atoms with Crippen molar-refractivity contribution >= 4 is 52.0 Å². The number of halogens is 4. The molecule has 5 rings (SSSR count). The van der Waals surface area contributed by atoms with Gasteiger partial charge < -0.3 is 30.3 Å². The number of urea groups is 1. The third kappa shape index (κ3) is 13.0. The number of nitrogens with one attached hydrogen (secondary N) is 3. The zero-order chi connectivity index (χ0) is 39.9. The van der Waals surface area contributed by atoms with Crippen LogP contribution in [0.2, 0.25) is 0 Å². The molecule has 5 atom stereocenters. The van der Waals surface area contributed by atoms with E-state index in [9.17, 15) is 18.8 Å². The normalized spacial score (nSPS) is 20.8. The molecule has 3 aliphatic rings. The number of nitrogens with zero attached hydrogens (tertiary/aromatic N) is 3. The van der Waals surface area contributed by atoms with Crippen LogP contribution in [0.3, 0.4) is 0 Å². The molecular weight excluding hydrogens is 840 g/mol. The molecule has 56 heavy (non-hydrogen) atoms. The second-order valence-corrected chi connectivity index (χ2v) is 15.6. The van der Waals surface area contributed by atoms with E-state index in [0.717, 1.165) is 49.4 Å². The summed E-state index contributed by atoms with van der Waals surface area (Å²) < 4.78 is 56.7. The summed E-state index contributed by atoms with van der Waals surface area (Å²) in [6.45, 7) is 3.89. The highest BCUT2D eigenvalue weighted by molar-refractivity contribution is 14.1. The van der Waals surface area contributed by atoms with Crippen molar-refractivity contribution in [3.63, 3.8) is 0 Å². The number of unbranched alkanes of at least 4 members (excludes halogenated alkanes) is 4. The highest BCUT2D eigenvalue weighted by Gasteiger charge is 2.43. The first-order valence-corrected chi connectivity index (χ1v) is 21.3. The van der Waals surface area contributed by atoms with Crippen LogP contribution >= 0.6 is 22.6 Å². The van der Waals surface area contributed by atoms with Crippen LogP contribution in [0.1, 0.15) is 69.4 Å². The Morgan fingerprint density at radius 1 is 1.04 bits per heavy atom. The number of aliphatic imine (C=N–C) groups is 2. The second kappa shape index (κ2) is 22.4. The number of ether oxygens (including phenoxy) is 2. The van der Waals surface area contributed by atoms with Crippen molar-refractivity contribution in [1.82, 2.24) is 20.9 Å². The van der Waals surface area contributed by atoms with E-state index in [1.165, 1.54) is 0 Å². The van der Waals surface area contributed by atoms with E-state index in [1.54, 1.807) is 11.8 Å². The van der Waals surface area contributed by atoms with E-state index in [-0.39, 0.29) is 55.3 Å². The van der Waals surface area contributed by atoms with E-state index >= 15 is 8.78 Å². The van der Waals surface area contributed by atoms with Crippen LogP contribution in [0.4, 0.5) is 18.0 Å². The maximum Gasteiger partial charge on any atom is 0.318 e. The summed E-state index contributed by atoms with van der Waals surface area (Å²) in [7, 11) is 0. The van der Waals surface area contributed by atoms with Crippen LogP contribution in [0.25, 0.3) is 0 Å². The van der Waals surface area contributed by atoms with Gasteiger partial charge in [-0.3, -0.25) is 14.6 Å². The fourth-order valence-electron chi connectivity index (χ4n) is 7.46. The van der Waals surface area contributed by atoms with Crippen molar-refractivity contribution in [2.24, 2.45) is 21.8 Å². The largest absolute Gasteiger partial charge is 0.463 e. The molecule has 0 spiro atoms. The molecule has 2 saturated heterocycles. The molecule has 11 nitrogen and oxygen atoms in total. The fraction of sp³-hybridized carbons (Fsp3) is 0.585. The second-order valence-electron chi connectivity index (χ2n) is 14.8. The van der Waals surface area contributed by atoms with Crippen LogP contribution in [0.5, 0.6) is 0 Å². The highest BCUT2D eigenvalue weighted by atomic mass is 127. The Bertz CT molecular complexity index is 1660. The number of hydrogen-bond donors (Lipinski definition) is 3. The number of benzene rings is 2. The average Bonchev–Trinajstić information content (AvgIpc) is 3.81. The molecule has 15 heteroatoms. The summed E-state index contributed by atoms with van der Waals surface area (Å²) in [6, 6.07) is 10.5. The topological polar surface area (TPSA) is 134 Å². The molecule has 0 aromatic heterocycles. The van der Waals surface area contributed by atoms with Gasteiger partial charge in [-0.15, -0.1) is 0 Å². The molecule has 2 aromatic rings. The summed E-state index contributed by atoms with van der Waals surface area (Å²) in [6.07, 6.45) is 5.00. The summed E-state index contributed by atoms with van der Waals surface area (Å²) in [4.78, 5) is 49.9. The number of carbonyl (C=O) groups excluding carboxylic acids is 3. The van der Waals surface area contributed by atoms with Gasteiger partial charge in [0, 0.05) is 58.2 Å². The zero-order valence-electron chi connectivity index (χ0n) is 32.0. The van der Waals surface area contributed by atoms with Gasteiger partial charge in [0.2, 0.25) is 5.91 Å². The predicted octanol–water partition coefficient (Wildman–Crippen LogP) is 5.97. The predicted molar refractivity (Wildman–Crippen MR) is 218 cm³/mol. The first kappa shape index (κ1) is 43.6. The summed E-state index contributed by atoms with van der Waals surface area (Å²) >= 11 is 2.03. The third-order valence-electron chi connectivity index (χ3n) is 10.5. The van der Waals surface area contributed by atoms with Gasteiger partial charge in [0.15, 0.2) is 5.84 Å². The summed E-state index contributed by atoms with van der Waals surface area (Å²) in [5.74, 6) is -2.22. The Balaban J connectivity index is 1.32. The first-order valence-electron chi connectivity index (χ1n) is 19.8. The van der Waals surface area contributed by atoms with Crippen molar-refractivity contribution in [3.05, 3.63) is 71.3 Å². The number of esters is 1. The molecule has 1 unspecified atom stereocenters. The molecule has 3 heterocycles. The van der Waals surface area contributed by atoms with Gasteiger partial charge in [0.25, 0.3) is 0 Å². The lowest BCUT2D eigenvalue weighted by atomic mass is 9.83. The lowest BCUT2D eigenvalue weighted by Gasteiger charge is -2.41. The van der Waals surface area contributed by atoms with Gasteiger partial charge >= 0.3 is 12.0 Å². The van der Waals surface area contributed by atoms with Crippen LogP contribution < -0.4 is 16.0 Å². The molecule has 306 valence electrons. The summed E-state index contributed by atoms with van der Waals surface area (Å²) in [5, 5.41) is 8.95. The van der Waals surface area contributed by atoms with Gasteiger partial charge in [0.1, 0.15) is 24.4 Å². The number of rotatable bonds is 20. The van der Waals surface area contributed by atoms with Gasteiger partial charge in [-0.1, -0.05) is 72.2 Å². The molecule has 0 aliphatic carbocycles. The van der Waals surface area contributed by atoms with Gasteiger partial charge in [-0.2, -0.15) is 0 Å². The lowest BCUT2D eigenvalue weighted by Crippen LogP contribution is -2.58. The number of hydrogen-bond acceptors (Lipinski definition) is 8. The molecule has 3 aliphatic heterocycles. The van der Waals surface area contributed by atoms with Crippen LogP contribution in [-0.2, 0) is 25.5 Å². The first-order chi connectivity index (χ1) is 27.1. The van der Waals surface area contributed by atoms with Crippen molar-refractivity contribution in [3.8, 4) is 0 Å². The molecule has 0 radical (unpaired) electrons. The molecule has 3 amide bonds. The quantitative estimate of drug-likeness (QED) is 0.0651. The monoisotopic (exact) mass is 894 g/mol. The maximum atomic E-state index is 15.3. The van der Waals surface area contributed by atoms with E-state index in [1.807, 2.05) is 52.9 Å². The van der Waals surface area contributed by atoms with Gasteiger partial charge in [0.05, 0.1) is 33.8 Å². The highest BCUT2D eigenvalue weighted by Crippen LogP contribution is 2.32. The van der Waals surface area contributed by atoms with E-state index in [0.29, 0.717) is 62.1 Å². The minimum Gasteiger partial charge on any atom is -0.463 e. The maximum absolute atomic E-state index is 15.3. The molecule has 0 saturated carbocycles. The molecule has 0 bridgehead atoms. The minimum absolute atomic E-state index is 0.0319. The molecular formula is C41H54F3IN6O5. The Labute approximate surface area is 341 Å². The number of amidine groups is 1. The molecule has 3 N–H and O–H groups in total. The minimum atomic E-state index is -1.18. The molecule has 2 fully saturated rings. The van der Waals surface area contributed by atoms with Gasteiger partial charge in [-0.05, 0) is 62.3 Å². The Hall–Kier alpha value is -3.57. The number of alkyl halides is 2. The molecule has 2 aromatic carbocycles. The van der Waals surface area contributed by atoms with Crippen LogP contribution in [-0.4, -0.2) is 109 Å². The van der Waals surface area contributed by atoms with Gasteiger partial charge in [-0.25, -0.2) is 23.0 Å². The number of amides is 3. The van der Waals surface area contributed by atoms with E-state index in [4.69, 9.17) is 19.5 Å². The average molecular weight is 895 g/mol. The standard InChI is InChI=1S/C41H54F3IN6O5/c1-27(26-56-37(53)12-8-3-2-4-9-17-47-36(52)22-45)48-41(54)51(25-30-23-46-24-34(30)44)39(29-15-18-55-19-16-29)38-35(20-28-10-6-5-7-11-28)49-40(50-38)32-21-31(42)13-14-33(32)43/h5-7,10-11,13-14,21,27,29-30,34-35,39,46H,2-4,8-9,12,15-20,22-26H2,1H3,(H,47,52)(H,48,54)/t27-,30-,34-,35?,39+/m0/s1. The fourth-order valence-corrected chi connectivity index (χ4v) is 7.73. The Morgan fingerprint density at radius 3 is 2.52 bits per heavy atom. The smallest absolute Gasteiger partial charge is 0.318 e. The van der Waals surface area contributed by atoms with E-state index < -0.39 is 47.9 Å². The van der Waals surface area contributed by atoms with Crippen molar-refractivity contribution in [2.75, 3.05) is 50.4 Å². The van der Waals surface area contributed by atoms with E-state index in [2.05, 4.69) is 16.0 Å².